The number of aliphatic hydroxyl groups is 1. The summed E-state index contributed by atoms with van der Waals surface area (Å²) in [6.07, 6.45) is 0. The second-order valence-corrected chi connectivity index (χ2v) is 7.77. The van der Waals surface area contributed by atoms with Crippen LogP contribution in [0.15, 0.2) is 69.6 Å². The van der Waals surface area contributed by atoms with Gasteiger partial charge in [-0.15, -0.1) is 0 Å². The fourth-order valence-corrected chi connectivity index (χ4v) is 4.14. The summed E-state index contributed by atoms with van der Waals surface area (Å²) in [5.74, 6) is 1.11. The first kappa shape index (κ1) is 20.5. The Morgan fingerprint density at radius 3 is 2.70 bits per heavy atom. The zero-order valence-corrected chi connectivity index (χ0v) is 18.3. The number of nitrogens with one attached hydrogen (secondary N) is 1. The van der Waals surface area contributed by atoms with Crippen molar-refractivity contribution >= 4 is 49.9 Å². The maximum absolute atomic E-state index is 13.1. The largest absolute Gasteiger partial charge is 0.495 e. The number of fused-ring (bicyclic) bond motifs is 1. The van der Waals surface area contributed by atoms with Crippen molar-refractivity contribution in [2.24, 2.45) is 0 Å². The van der Waals surface area contributed by atoms with Gasteiger partial charge in [-0.3, -0.25) is 4.79 Å². The van der Waals surface area contributed by atoms with Crippen LogP contribution in [0.5, 0.6) is 5.75 Å². The maximum atomic E-state index is 13.1. The quantitative estimate of drug-likeness (QED) is 0.349. The highest BCUT2D eigenvalue weighted by molar-refractivity contribution is 9.10. The number of rotatable bonds is 5. The summed E-state index contributed by atoms with van der Waals surface area (Å²) in [6.45, 7) is -0.187. The van der Waals surface area contributed by atoms with Crippen molar-refractivity contribution in [1.82, 2.24) is 0 Å². The van der Waals surface area contributed by atoms with Crippen molar-refractivity contribution in [2.75, 3.05) is 12.4 Å². The van der Waals surface area contributed by atoms with Gasteiger partial charge >= 0.3 is 0 Å². The molecule has 1 aromatic heterocycles. The molecule has 0 fully saturated rings. The highest BCUT2D eigenvalue weighted by Gasteiger charge is 2.19. The van der Waals surface area contributed by atoms with Crippen LogP contribution in [-0.2, 0) is 6.61 Å². The molecular formula is C23H17BrClNO4. The maximum Gasteiger partial charge on any atom is 0.259 e. The number of ether oxygens (including phenoxy) is 1. The van der Waals surface area contributed by atoms with E-state index in [1.165, 1.54) is 7.11 Å². The Morgan fingerprint density at radius 2 is 1.97 bits per heavy atom. The molecule has 5 nitrogen and oxygen atoms in total. The number of carbonyl (C=O) groups excluding carboxylic acids is 1. The summed E-state index contributed by atoms with van der Waals surface area (Å²) in [4.78, 5) is 13.1. The predicted molar refractivity (Wildman–Crippen MR) is 121 cm³/mol. The molecule has 0 radical (unpaired) electrons. The number of carbonyl (C=O) groups is 1. The molecule has 152 valence electrons. The Balaban J connectivity index is 1.71. The molecule has 0 aliphatic carbocycles. The topological polar surface area (TPSA) is 71.7 Å². The molecule has 0 aliphatic rings. The molecule has 30 heavy (non-hydrogen) atoms. The van der Waals surface area contributed by atoms with Crippen molar-refractivity contribution in [1.29, 1.82) is 0 Å². The summed E-state index contributed by atoms with van der Waals surface area (Å²) in [5, 5.41) is 14.3. The fraction of sp³-hybridized carbons (Fsp3) is 0.0870. The number of halogens is 2. The second-order valence-electron chi connectivity index (χ2n) is 6.57. The van der Waals surface area contributed by atoms with Gasteiger partial charge < -0.3 is 19.6 Å². The van der Waals surface area contributed by atoms with Crippen molar-refractivity contribution in [3.05, 3.63) is 81.5 Å². The molecule has 1 amide bonds. The molecule has 0 saturated carbocycles. The van der Waals surface area contributed by atoms with Crippen LogP contribution in [-0.4, -0.2) is 18.1 Å². The van der Waals surface area contributed by atoms with E-state index < -0.39 is 0 Å². The molecule has 0 atom stereocenters. The van der Waals surface area contributed by atoms with E-state index in [0.29, 0.717) is 38.0 Å². The lowest BCUT2D eigenvalue weighted by Crippen LogP contribution is -2.14. The van der Waals surface area contributed by atoms with Crippen LogP contribution in [0.1, 0.15) is 16.1 Å². The third kappa shape index (κ3) is 3.81. The average Bonchev–Trinajstić information content (AvgIpc) is 3.24. The molecule has 0 spiro atoms. The highest BCUT2D eigenvalue weighted by Crippen LogP contribution is 2.37. The van der Waals surface area contributed by atoms with Crippen LogP contribution in [0, 0.1) is 0 Å². The molecule has 3 aromatic carbocycles. The zero-order chi connectivity index (χ0) is 21.3. The molecular weight excluding hydrogens is 470 g/mol. The van der Waals surface area contributed by atoms with Gasteiger partial charge in [-0.05, 0) is 63.1 Å². The minimum Gasteiger partial charge on any atom is -0.495 e. The monoisotopic (exact) mass is 485 g/mol. The van der Waals surface area contributed by atoms with E-state index in [2.05, 4.69) is 21.2 Å². The normalized spacial score (nSPS) is 10.9. The van der Waals surface area contributed by atoms with Gasteiger partial charge in [0.1, 0.15) is 23.9 Å². The molecule has 7 heteroatoms. The van der Waals surface area contributed by atoms with Crippen LogP contribution in [0.25, 0.3) is 22.1 Å². The molecule has 0 saturated heterocycles. The summed E-state index contributed by atoms with van der Waals surface area (Å²) in [6, 6.07) is 18.1. The van der Waals surface area contributed by atoms with Crippen molar-refractivity contribution in [3.8, 4) is 17.1 Å². The number of aliphatic hydroxyl groups excluding tert-OH is 1. The summed E-state index contributed by atoms with van der Waals surface area (Å²) in [5.41, 5.74) is 1.54. The van der Waals surface area contributed by atoms with Crippen LogP contribution < -0.4 is 10.1 Å². The van der Waals surface area contributed by atoms with Gasteiger partial charge in [0.05, 0.1) is 27.9 Å². The molecule has 2 N–H and O–H groups in total. The minimum absolute atomic E-state index is 0.187. The van der Waals surface area contributed by atoms with E-state index >= 15 is 0 Å². The van der Waals surface area contributed by atoms with Gasteiger partial charge in [0, 0.05) is 5.56 Å². The Hall–Kier alpha value is -2.80. The average molecular weight is 487 g/mol. The first-order valence-corrected chi connectivity index (χ1v) is 10.2. The number of methoxy groups -OCH3 is 1. The van der Waals surface area contributed by atoms with Crippen LogP contribution >= 0.6 is 27.5 Å². The minimum atomic E-state index is -0.354. The first-order chi connectivity index (χ1) is 14.5. The Kier molecular flexibility index (Phi) is 5.81. The SMILES string of the molecule is COc1c(C(=O)Nc2cc(-c3ccc(CO)o3)ccc2Cl)cc2ccccc2c1Br. The Bertz CT molecular complexity index is 1250. The van der Waals surface area contributed by atoms with E-state index in [1.807, 2.05) is 24.3 Å². The van der Waals surface area contributed by atoms with Gasteiger partial charge in [0.25, 0.3) is 5.91 Å². The second kappa shape index (κ2) is 8.52. The number of furan rings is 1. The van der Waals surface area contributed by atoms with E-state index in [-0.39, 0.29) is 12.5 Å². The standard InChI is InChI=1S/C23H17BrClNO4/c1-29-22-17(10-13-4-2-3-5-16(13)21(22)24)23(28)26-19-11-14(6-8-18(19)25)20-9-7-15(12-27)30-20/h2-11,27H,12H2,1H3,(H,26,28). The predicted octanol–water partition coefficient (Wildman–Crippen LogP) is 6.27. The van der Waals surface area contributed by atoms with E-state index in [9.17, 15) is 9.90 Å². The van der Waals surface area contributed by atoms with E-state index in [1.54, 1.807) is 36.4 Å². The summed E-state index contributed by atoms with van der Waals surface area (Å²) < 4.78 is 11.8. The molecule has 4 aromatic rings. The van der Waals surface area contributed by atoms with E-state index in [0.717, 1.165) is 16.3 Å². The zero-order valence-electron chi connectivity index (χ0n) is 15.9. The van der Waals surface area contributed by atoms with E-state index in [4.69, 9.17) is 20.8 Å². The van der Waals surface area contributed by atoms with Gasteiger partial charge in [0.2, 0.25) is 0 Å². The molecule has 1 heterocycles. The summed E-state index contributed by atoms with van der Waals surface area (Å²) >= 11 is 9.87. The lowest BCUT2D eigenvalue weighted by Gasteiger charge is -2.14. The third-order valence-corrected chi connectivity index (χ3v) is 5.82. The number of benzene rings is 3. The Labute approximate surface area is 186 Å². The summed E-state index contributed by atoms with van der Waals surface area (Å²) in [7, 11) is 1.52. The van der Waals surface area contributed by atoms with Gasteiger partial charge in [-0.25, -0.2) is 0 Å². The molecule has 0 bridgehead atoms. The number of hydrogen-bond donors (Lipinski definition) is 2. The lowest BCUT2D eigenvalue weighted by molar-refractivity contribution is 0.102. The number of amides is 1. The van der Waals surface area contributed by atoms with Crippen molar-refractivity contribution < 1.29 is 19.1 Å². The Morgan fingerprint density at radius 1 is 1.17 bits per heavy atom. The first-order valence-electron chi connectivity index (χ1n) is 9.08. The molecule has 0 aliphatic heterocycles. The van der Waals surface area contributed by atoms with Gasteiger partial charge in [0.15, 0.2) is 0 Å². The third-order valence-electron chi connectivity index (χ3n) is 4.71. The van der Waals surface area contributed by atoms with Gasteiger partial charge in [-0.1, -0.05) is 35.9 Å². The van der Waals surface area contributed by atoms with Crippen molar-refractivity contribution in [2.45, 2.75) is 6.61 Å². The smallest absolute Gasteiger partial charge is 0.259 e. The number of anilines is 1. The van der Waals surface area contributed by atoms with Crippen molar-refractivity contribution in [3.63, 3.8) is 0 Å². The van der Waals surface area contributed by atoms with Crippen LogP contribution in [0.3, 0.4) is 0 Å². The van der Waals surface area contributed by atoms with Crippen LogP contribution in [0.2, 0.25) is 5.02 Å². The number of hydrogen-bond acceptors (Lipinski definition) is 4. The molecule has 4 rings (SSSR count). The fourth-order valence-electron chi connectivity index (χ4n) is 3.23. The van der Waals surface area contributed by atoms with Crippen LogP contribution in [0.4, 0.5) is 5.69 Å². The highest BCUT2D eigenvalue weighted by atomic mass is 79.9. The van der Waals surface area contributed by atoms with Gasteiger partial charge in [-0.2, -0.15) is 0 Å². The molecule has 0 unspecified atom stereocenters. The lowest BCUT2D eigenvalue weighted by atomic mass is 10.0.